The summed E-state index contributed by atoms with van der Waals surface area (Å²) in [5, 5.41) is 10.9. The Morgan fingerprint density at radius 3 is 2.58 bits per heavy atom. The van der Waals surface area contributed by atoms with Crippen molar-refractivity contribution in [2.45, 2.75) is 45.2 Å². The molecule has 0 saturated heterocycles. The Labute approximate surface area is 186 Å². The lowest BCUT2D eigenvalue weighted by Gasteiger charge is -2.33. The molecule has 0 bridgehead atoms. The van der Waals surface area contributed by atoms with Gasteiger partial charge in [0.1, 0.15) is 5.70 Å². The predicted molar refractivity (Wildman–Crippen MR) is 124 cm³/mol. The normalized spacial score (nSPS) is 17.3. The van der Waals surface area contributed by atoms with E-state index in [9.17, 15) is 9.59 Å². The van der Waals surface area contributed by atoms with Crippen LogP contribution in [0.4, 0.5) is 0 Å². The molecule has 6 nitrogen and oxygen atoms in total. The molecule has 2 heterocycles. The van der Waals surface area contributed by atoms with Gasteiger partial charge < -0.3 is 0 Å². The van der Waals surface area contributed by atoms with Crippen LogP contribution in [0.3, 0.4) is 0 Å². The van der Waals surface area contributed by atoms with Crippen LogP contribution < -0.4 is 15.9 Å². The van der Waals surface area contributed by atoms with Gasteiger partial charge in [-0.2, -0.15) is 0 Å². The first-order chi connectivity index (χ1) is 15.2. The number of Topliss-reactive ketones (excluding diaryl/α,β-unsaturated/α-hetero) is 1. The first-order valence-corrected chi connectivity index (χ1v) is 11.8. The smallest absolute Gasteiger partial charge is 0.276 e. The fourth-order valence-electron chi connectivity index (χ4n) is 3.69. The van der Waals surface area contributed by atoms with E-state index in [1.165, 1.54) is 42.5 Å². The van der Waals surface area contributed by atoms with Crippen LogP contribution in [0.5, 0.6) is 0 Å². The maximum atomic E-state index is 13.3. The molecule has 2 aliphatic heterocycles. The Kier molecular flexibility index (Phi) is 6.82. The number of carbonyl (C=O) groups is 2. The summed E-state index contributed by atoms with van der Waals surface area (Å²) in [6.07, 6.45) is 5.02. The van der Waals surface area contributed by atoms with Gasteiger partial charge in [0.15, 0.2) is 5.17 Å². The van der Waals surface area contributed by atoms with E-state index < -0.39 is 6.17 Å². The lowest BCUT2D eigenvalue weighted by Crippen LogP contribution is -2.54. The molecule has 0 aromatic heterocycles. The van der Waals surface area contributed by atoms with Crippen molar-refractivity contribution in [2.75, 3.05) is 5.75 Å². The summed E-state index contributed by atoms with van der Waals surface area (Å²) in [5.41, 5.74) is 0.911. The largest absolute Gasteiger partial charge is 0.298 e. The van der Waals surface area contributed by atoms with Crippen molar-refractivity contribution < 1.29 is 9.59 Å². The number of hydrazone groups is 1. The summed E-state index contributed by atoms with van der Waals surface area (Å²) < 4.78 is 0. The van der Waals surface area contributed by atoms with Crippen molar-refractivity contribution >= 4 is 34.3 Å². The number of benzene rings is 2. The number of amides is 1. The zero-order valence-corrected chi connectivity index (χ0v) is 18.4. The van der Waals surface area contributed by atoms with Gasteiger partial charge in [-0.1, -0.05) is 92.9 Å². The molecule has 31 heavy (non-hydrogen) atoms. The van der Waals surface area contributed by atoms with Crippen LogP contribution in [-0.4, -0.2) is 33.8 Å². The molecule has 1 amide bonds. The second-order valence-electron chi connectivity index (χ2n) is 7.57. The topological polar surface area (TPSA) is 74.1 Å². The molecule has 0 unspecified atom stereocenters. The van der Waals surface area contributed by atoms with E-state index in [0.29, 0.717) is 27.0 Å². The monoisotopic (exact) mass is 434 g/mol. The number of amidine groups is 1. The zero-order chi connectivity index (χ0) is 21.6. The van der Waals surface area contributed by atoms with Crippen LogP contribution in [0.1, 0.15) is 49.4 Å². The van der Waals surface area contributed by atoms with Crippen LogP contribution in [0, 0.1) is 0 Å². The van der Waals surface area contributed by atoms with Gasteiger partial charge in [-0.05, 0) is 12.5 Å². The van der Waals surface area contributed by atoms with Crippen LogP contribution in [0.25, 0.3) is 5.70 Å². The predicted octanol–water partition coefficient (Wildman–Crippen LogP) is 3.04. The Hall–Kier alpha value is -2.93. The third-order valence-electron chi connectivity index (χ3n) is 5.29. The summed E-state index contributed by atoms with van der Waals surface area (Å²) in [5.74, 6) is 0.434. The van der Waals surface area contributed by atoms with Gasteiger partial charge in [0.2, 0.25) is 11.9 Å². The maximum Gasteiger partial charge on any atom is 0.276 e. The molecular formula is C24H26N4O2S. The molecule has 2 aliphatic rings. The number of hydrogen-bond donors (Lipinski definition) is 1. The van der Waals surface area contributed by atoms with E-state index in [4.69, 9.17) is 0 Å². The molecule has 4 rings (SSSR count). The lowest BCUT2D eigenvalue weighted by molar-refractivity contribution is -0.115. The van der Waals surface area contributed by atoms with Crippen molar-refractivity contribution in [2.24, 2.45) is 10.1 Å². The number of unbranched alkanes of at least 4 members (excludes halogenated alkanes) is 4. The van der Waals surface area contributed by atoms with E-state index in [1.807, 2.05) is 42.5 Å². The molecular weight excluding hydrogens is 408 g/mol. The third kappa shape index (κ3) is 4.71. The summed E-state index contributed by atoms with van der Waals surface area (Å²) in [6, 6.07) is 16.4. The maximum absolute atomic E-state index is 13.3. The number of rotatable bonds is 8. The number of hydrogen-bond acceptors (Lipinski definition) is 6. The van der Waals surface area contributed by atoms with Gasteiger partial charge in [-0.3, -0.25) is 14.9 Å². The van der Waals surface area contributed by atoms with Crippen molar-refractivity contribution in [3.63, 3.8) is 0 Å². The van der Waals surface area contributed by atoms with Crippen LogP contribution in [-0.2, 0) is 4.79 Å². The minimum atomic E-state index is -0.904. The number of para-hydroxylation sites is 1. The fraction of sp³-hybridized carbons (Fsp3) is 0.333. The van der Waals surface area contributed by atoms with Gasteiger partial charge in [-0.15, -0.1) is 5.10 Å². The molecule has 0 aliphatic carbocycles. The van der Waals surface area contributed by atoms with Crippen molar-refractivity contribution in [3.05, 3.63) is 70.7 Å². The van der Waals surface area contributed by atoms with E-state index >= 15 is 0 Å². The Bertz CT molecular complexity index is 1110. The second kappa shape index (κ2) is 9.92. The number of nitrogens with one attached hydrogen (secondary N) is 1. The molecule has 160 valence electrons. The third-order valence-corrected chi connectivity index (χ3v) is 6.24. The summed E-state index contributed by atoms with van der Waals surface area (Å²) in [6.45, 7) is 2.20. The van der Waals surface area contributed by atoms with Crippen LogP contribution in [0.2, 0.25) is 0 Å². The zero-order valence-electron chi connectivity index (χ0n) is 17.6. The molecule has 7 heteroatoms. The van der Waals surface area contributed by atoms with Crippen molar-refractivity contribution in [1.29, 1.82) is 0 Å². The SMILES string of the molecule is CCCCCCCSC1=NN2C(=c3ccccc3=N[C@@H]2C(=O)c2ccccc2)C(=O)N1. The van der Waals surface area contributed by atoms with Gasteiger partial charge in [0.05, 0.1) is 5.36 Å². The van der Waals surface area contributed by atoms with E-state index in [0.717, 1.165) is 12.2 Å². The van der Waals surface area contributed by atoms with Gasteiger partial charge in [0.25, 0.3) is 5.91 Å². The molecule has 0 radical (unpaired) electrons. The summed E-state index contributed by atoms with van der Waals surface area (Å²) in [4.78, 5) is 31.0. The number of ketones is 1. The first-order valence-electron chi connectivity index (χ1n) is 10.8. The summed E-state index contributed by atoms with van der Waals surface area (Å²) >= 11 is 1.52. The average Bonchev–Trinajstić information content (AvgIpc) is 2.80. The molecule has 2 aromatic carbocycles. The molecule has 1 atom stereocenters. The number of carbonyl (C=O) groups excluding carboxylic acids is 2. The van der Waals surface area contributed by atoms with Crippen LogP contribution in [0.15, 0.2) is 64.7 Å². The molecule has 0 saturated carbocycles. The highest BCUT2D eigenvalue weighted by Crippen LogP contribution is 2.23. The minimum absolute atomic E-state index is 0.185. The van der Waals surface area contributed by atoms with Crippen LogP contribution >= 0.6 is 11.8 Å². The highest BCUT2D eigenvalue weighted by atomic mass is 32.2. The Morgan fingerprint density at radius 2 is 1.77 bits per heavy atom. The van der Waals surface area contributed by atoms with E-state index in [2.05, 4.69) is 22.3 Å². The highest BCUT2D eigenvalue weighted by molar-refractivity contribution is 8.13. The van der Waals surface area contributed by atoms with E-state index in [-0.39, 0.29) is 11.7 Å². The minimum Gasteiger partial charge on any atom is -0.298 e. The molecule has 0 fully saturated rings. The van der Waals surface area contributed by atoms with E-state index in [1.54, 1.807) is 12.1 Å². The average molecular weight is 435 g/mol. The summed E-state index contributed by atoms with van der Waals surface area (Å²) in [7, 11) is 0. The molecule has 1 N–H and O–H groups in total. The van der Waals surface area contributed by atoms with Gasteiger partial charge in [-0.25, -0.2) is 10.0 Å². The van der Waals surface area contributed by atoms with Crippen molar-refractivity contribution in [1.82, 2.24) is 10.3 Å². The Balaban J connectivity index is 1.63. The molecule has 0 spiro atoms. The first kappa shape index (κ1) is 21.3. The second-order valence-corrected chi connectivity index (χ2v) is 8.65. The molecule has 2 aromatic rings. The van der Waals surface area contributed by atoms with Gasteiger partial charge in [0, 0.05) is 16.5 Å². The van der Waals surface area contributed by atoms with Gasteiger partial charge >= 0.3 is 0 Å². The van der Waals surface area contributed by atoms with Crippen molar-refractivity contribution in [3.8, 4) is 0 Å². The number of nitrogens with zero attached hydrogens (tertiary/aromatic N) is 3. The fourth-order valence-corrected chi connectivity index (χ4v) is 4.54. The lowest BCUT2D eigenvalue weighted by atomic mass is 10.1. The number of thioether (sulfide) groups is 1. The standard InChI is InChI=1S/C24H26N4O2S/c1-2-3-4-5-11-16-31-24-26-23(30)20-18-14-9-10-15-19(18)25-22(28(20)27-24)21(29)17-12-7-6-8-13-17/h6-10,12-15,22H,2-5,11,16H2,1H3,(H,26,27,30)/t22-/m0/s1. The Morgan fingerprint density at radius 1 is 1.03 bits per heavy atom. The number of fused-ring (bicyclic) bond motifs is 2. The highest BCUT2D eigenvalue weighted by Gasteiger charge is 2.37. The quantitative estimate of drug-likeness (QED) is 0.512.